The molecule has 0 bridgehead atoms. The second kappa shape index (κ2) is 4.91. The number of rotatable bonds is 1. The normalized spacial score (nSPS) is 13.8. The molecule has 0 fully saturated rings. The maximum Gasteiger partial charge on any atom is 0.418 e. The summed E-state index contributed by atoms with van der Waals surface area (Å²) in [4.78, 5) is 35.4. The molecule has 2 aromatic rings. The first-order valence-electron chi connectivity index (χ1n) is 6.39. The third kappa shape index (κ3) is 2.23. The molecule has 0 saturated carbocycles. The van der Waals surface area contributed by atoms with E-state index >= 15 is 0 Å². The fourth-order valence-electron chi connectivity index (χ4n) is 2.46. The van der Waals surface area contributed by atoms with Crippen molar-refractivity contribution in [2.75, 3.05) is 5.73 Å². The molecule has 0 atom stereocenters. The summed E-state index contributed by atoms with van der Waals surface area (Å²) in [6, 6.07) is 2.35. The van der Waals surface area contributed by atoms with Gasteiger partial charge in [0.05, 0.1) is 22.4 Å². The number of hydrogen-bond donors (Lipinski definition) is 2. The quantitative estimate of drug-likeness (QED) is 0.607. The maximum absolute atomic E-state index is 13.2. The maximum atomic E-state index is 13.2. The van der Waals surface area contributed by atoms with E-state index in [-0.39, 0.29) is 11.6 Å². The summed E-state index contributed by atoms with van der Waals surface area (Å²) in [5.41, 5.74) is 1.67. The number of carbonyl (C=O) groups is 2. The molecule has 3 N–H and O–H groups in total. The Hall–Kier alpha value is -3.17. The van der Waals surface area contributed by atoms with Crippen LogP contribution in [0.5, 0.6) is 0 Å². The second-order valence-corrected chi connectivity index (χ2v) is 4.93. The first-order chi connectivity index (χ1) is 11.1. The molecule has 2 heterocycles. The van der Waals surface area contributed by atoms with Crippen LogP contribution < -0.4 is 16.6 Å². The lowest BCUT2D eigenvalue weighted by Crippen LogP contribution is -2.26. The van der Waals surface area contributed by atoms with Crippen molar-refractivity contribution in [2.24, 2.45) is 0 Å². The summed E-state index contributed by atoms with van der Waals surface area (Å²) in [5, 5.41) is 1.89. The Bertz CT molecular complexity index is 963. The minimum Gasteiger partial charge on any atom is -0.384 e. The van der Waals surface area contributed by atoms with Crippen LogP contribution in [0, 0.1) is 5.82 Å². The summed E-state index contributed by atoms with van der Waals surface area (Å²) < 4.78 is 53.0. The number of alkyl halides is 3. The van der Waals surface area contributed by atoms with Gasteiger partial charge in [0.1, 0.15) is 11.6 Å². The average molecular weight is 341 g/mol. The zero-order valence-electron chi connectivity index (χ0n) is 11.6. The molecule has 10 heteroatoms. The van der Waals surface area contributed by atoms with Crippen LogP contribution in [-0.2, 0) is 6.18 Å². The van der Waals surface area contributed by atoms with Gasteiger partial charge in [-0.05, 0) is 18.2 Å². The van der Waals surface area contributed by atoms with Gasteiger partial charge in [-0.15, -0.1) is 0 Å². The van der Waals surface area contributed by atoms with E-state index in [2.05, 4.69) is 0 Å². The topological polar surface area (TPSA) is 94.2 Å². The Morgan fingerprint density at radius 1 is 1.04 bits per heavy atom. The van der Waals surface area contributed by atoms with Gasteiger partial charge in [0.2, 0.25) is 0 Å². The first kappa shape index (κ1) is 15.7. The number of nitrogens with zero attached hydrogens (tertiary/aromatic N) is 1. The van der Waals surface area contributed by atoms with Crippen LogP contribution in [0.15, 0.2) is 29.1 Å². The SMILES string of the molecule is Nc1c2c(cc(=O)n1-c1ccc(F)cc1C(F)(F)F)C(=O)NC2=O. The molecular formula is C14H7F4N3O3. The highest BCUT2D eigenvalue weighted by Crippen LogP contribution is 2.35. The van der Waals surface area contributed by atoms with Crippen molar-refractivity contribution in [3.63, 3.8) is 0 Å². The van der Waals surface area contributed by atoms with Crippen molar-refractivity contribution >= 4 is 17.6 Å². The predicted molar refractivity (Wildman–Crippen MR) is 73.2 cm³/mol. The molecular weight excluding hydrogens is 334 g/mol. The number of hydrogen-bond acceptors (Lipinski definition) is 4. The number of anilines is 1. The van der Waals surface area contributed by atoms with Crippen LogP contribution in [0.1, 0.15) is 26.3 Å². The molecule has 0 spiro atoms. The first-order valence-corrected chi connectivity index (χ1v) is 6.39. The number of carbonyl (C=O) groups excluding carboxylic acids is 2. The van der Waals surface area contributed by atoms with Gasteiger partial charge in [0.15, 0.2) is 0 Å². The van der Waals surface area contributed by atoms with Crippen LogP contribution >= 0.6 is 0 Å². The molecule has 6 nitrogen and oxygen atoms in total. The van der Waals surface area contributed by atoms with E-state index in [0.29, 0.717) is 10.6 Å². The predicted octanol–water partition coefficient (Wildman–Crippen LogP) is 1.46. The lowest BCUT2D eigenvalue weighted by molar-refractivity contribution is -0.137. The van der Waals surface area contributed by atoms with Gasteiger partial charge in [-0.2, -0.15) is 13.2 Å². The number of nitrogen functional groups attached to an aromatic ring is 1. The molecule has 1 aliphatic heterocycles. The molecule has 0 saturated heterocycles. The highest BCUT2D eigenvalue weighted by molar-refractivity contribution is 6.23. The number of nitrogens with two attached hydrogens (primary N) is 1. The zero-order chi connectivity index (χ0) is 17.8. The van der Waals surface area contributed by atoms with Gasteiger partial charge in [-0.25, -0.2) is 4.39 Å². The number of nitrogens with one attached hydrogen (secondary N) is 1. The number of amides is 2. The second-order valence-electron chi connectivity index (χ2n) is 4.93. The van der Waals surface area contributed by atoms with Gasteiger partial charge in [-0.1, -0.05) is 0 Å². The summed E-state index contributed by atoms with van der Waals surface area (Å²) in [6.45, 7) is 0. The molecule has 1 aromatic carbocycles. The molecule has 3 rings (SSSR count). The van der Waals surface area contributed by atoms with E-state index in [1.54, 1.807) is 0 Å². The van der Waals surface area contributed by atoms with Crippen molar-refractivity contribution in [3.8, 4) is 5.69 Å². The van der Waals surface area contributed by atoms with Crippen molar-refractivity contribution in [3.05, 3.63) is 57.1 Å². The molecule has 0 unspecified atom stereocenters. The molecule has 0 radical (unpaired) electrons. The largest absolute Gasteiger partial charge is 0.418 e. The molecule has 1 aliphatic rings. The third-order valence-corrected chi connectivity index (χ3v) is 3.46. The van der Waals surface area contributed by atoms with Gasteiger partial charge < -0.3 is 5.73 Å². The number of benzene rings is 1. The summed E-state index contributed by atoms with van der Waals surface area (Å²) in [7, 11) is 0. The zero-order valence-corrected chi connectivity index (χ0v) is 11.6. The van der Waals surface area contributed by atoms with Crippen LogP contribution in [0.4, 0.5) is 23.4 Å². The Morgan fingerprint density at radius 2 is 1.71 bits per heavy atom. The fourth-order valence-corrected chi connectivity index (χ4v) is 2.46. The van der Waals surface area contributed by atoms with Gasteiger partial charge in [-0.3, -0.25) is 24.3 Å². The Balaban J connectivity index is 2.38. The fraction of sp³-hybridized carbons (Fsp3) is 0.0714. The van der Waals surface area contributed by atoms with Crippen molar-refractivity contribution in [2.45, 2.75) is 6.18 Å². The van der Waals surface area contributed by atoms with Crippen LogP contribution in [0.3, 0.4) is 0 Å². The molecule has 24 heavy (non-hydrogen) atoms. The summed E-state index contributed by atoms with van der Waals surface area (Å²) in [5.74, 6) is -3.61. The van der Waals surface area contributed by atoms with Crippen LogP contribution in [0.2, 0.25) is 0 Å². The number of imide groups is 1. The monoisotopic (exact) mass is 341 g/mol. The van der Waals surface area contributed by atoms with E-state index in [1.165, 1.54) is 0 Å². The highest BCUT2D eigenvalue weighted by atomic mass is 19.4. The number of fused-ring (bicyclic) bond motifs is 1. The lowest BCUT2D eigenvalue weighted by atomic mass is 10.1. The highest BCUT2D eigenvalue weighted by Gasteiger charge is 2.37. The summed E-state index contributed by atoms with van der Waals surface area (Å²) >= 11 is 0. The smallest absolute Gasteiger partial charge is 0.384 e. The van der Waals surface area contributed by atoms with E-state index in [4.69, 9.17) is 5.73 Å². The minimum atomic E-state index is -4.97. The Morgan fingerprint density at radius 3 is 2.33 bits per heavy atom. The van der Waals surface area contributed by atoms with E-state index in [9.17, 15) is 31.9 Å². The van der Waals surface area contributed by atoms with Crippen LogP contribution in [-0.4, -0.2) is 16.4 Å². The van der Waals surface area contributed by atoms with Gasteiger partial charge >= 0.3 is 6.18 Å². The number of halogens is 4. The standard InChI is InChI=1S/C14H7F4N3O3/c15-5-1-2-8(7(3-5)14(16,17)18)21-9(22)4-6-10(11(21)19)13(24)20-12(6)23/h1-4H,19H2,(H,20,23,24). The van der Waals surface area contributed by atoms with Gasteiger partial charge in [0.25, 0.3) is 17.4 Å². The Kier molecular flexibility index (Phi) is 3.22. The average Bonchev–Trinajstić information content (AvgIpc) is 2.74. The molecule has 2 amide bonds. The van der Waals surface area contributed by atoms with Gasteiger partial charge in [0, 0.05) is 6.07 Å². The van der Waals surface area contributed by atoms with E-state index < -0.39 is 52.0 Å². The van der Waals surface area contributed by atoms with Crippen molar-refractivity contribution in [1.82, 2.24) is 9.88 Å². The van der Waals surface area contributed by atoms with E-state index in [0.717, 1.165) is 12.1 Å². The van der Waals surface area contributed by atoms with Crippen LogP contribution in [0.25, 0.3) is 5.69 Å². The summed E-state index contributed by atoms with van der Waals surface area (Å²) in [6.07, 6.45) is -4.97. The minimum absolute atomic E-state index is 0.208. The number of pyridine rings is 1. The molecule has 0 aliphatic carbocycles. The number of aromatic nitrogens is 1. The lowest BCUT2D eigenvalue weighted by Gasteiger charge is -2.17. The van der Waals surface area contributed by atoms with E-state index in [1.807, 2.05) is 5.32 Å². The Labute approximate surface area is 130 Å². The molecule has 1 aromatic heterocycles. The molecule has 124 valence electrons. The van der Waals surface area contributed by atoms with Crippen molar-refractivity contribution < 1.29 is 27.2 Å². The van der Waals surface area contributed by atoms with Crippen molar-refractivity contribution in [1.29, 1.82) is 0 Å². The third-order valence-electron chi connectivity index (χ3n) is 3.46.